The molecule has 0 radical (unpaired) electrons. The SMILES string of the molecule is CC(C)(C(=O)O)n1cc(NC(=O)C2CC2c2ccc(Br)cc2)cn1. The number of rotatable bonds is 5. The van der Waals surface area contributed by atoms with Crippen molar-refractivity contribution >= 4 is 33.5 Å². The Kier molecular flexibility index (Phi) is 4.21. The van der Waals surface area contributed by atoms with Gasteiger partial charge in [-0.3, -0.25) is 9.48 Å². The van der Waals surface area contributed by atoms with E-state index in [0.717, 1.165) is 16.5 Å². The van der Waals surface area contributed by atoms with Crippen LogP contribution in [0, 0.1) is 5.92 Å². The molecule has 2 atom stereocenters. The van der Waals surface area contributed by atoms with E-state index in [2.05, 4.69) is 26.3 Å². The van der Waals surface area contributed by atoms with Gasteiger partial charge in [0.1, 0.15) is 0 Å². The molecular formula is C17H18BrN3O3. The minimum Gasteiger partial charge on any atom is -0.479 e. The van der Waals surface area contributed by atoms with Gasteiger partial charge in [-0.25, -0.2) is 4.79 Å². The average Bonchev–Trinajstić information content (AvgIpc) is 3.19. The van der Waals surface area contributed by atoms with Gasteiger partial charge in [0.25, 0.3) is 0 Å². The lowest BCUT2D eigenvalue weighted by Crippen LogP contribution is -2.35. The third-order valence-corrected chi connectivity index (χ3v) is 4.90. The van der Waals surface area contributed by atoms with Gasteiger partial charge in [0.05, 0.1) is 11.9 Å². The first-order valence-electron chi connectivity index (χ1n) is 7.64. The van der Waals surface area contributed by atoms with Crippen molar-refractivity contribution in [2.45, 2.75) is 31.7 Å². The van der Waals surface area contributed by atoms with Gasteiger partial charge in [-0.1, -0.05) is 28.1 Å². The summed E-state index contributed by atoms with van der Waals surface area (Å²) in [7, 11) is 0. The lowest BCUT2D eigenvalue weighted by atomic mass is 10.1. The molecule has 2 aromatic rings. The molecule has 1 saturated carbocycles. The van der Waals surface area contributed by atoms with E-state index >= 15 is 0 Å². The highest BCUT2D eigenvalue weighted by Gasteiger charge is 2.44. The van der Waals surface area contributed by atoms with E-state index in [9.17, 15) is 14.7 Å². The number of hydrogen-bond donors (Lipinski definition) is 2. The molecule has 24 heavy (non-hydrogen) atoms. The molecule has 126 valence electrons. The zero-order valence-corrected chi connectivity index (χ0v) is 14.9. The molecule has 1 aliphatic carbocycles. The normalized spacial score (nSPS) is 19.8. The highest BCUT2D eigenvalue weighted by Crippen LogP contribution is 2.48. The monoisotopic (exact) mass is 391 g/mol. The van der Waals surface area contributed by atoms with Crippen molar-refractivity contribution in [2.24, 2.45) is 5.92 Å². The molecule has 2 unspecified atom stereocenters. The first kappa shape index (κ1) is 16.7. The molecule has 1 aromatic heterocycles. The molecule has 1 heterocycles. The fraction of sp³-hybridized carbons (Fsp3) is 0.353. The summed E-state index contributed by atoms with van der Waals surface area (Å²) in [6.45, 7) is 3.11. The topological polar surface area (TPSA) is 84.2 Å². The van der Waals surface area contributed by atoms with Crippen molar-refractivity contribution in [3.8, 4) is 0 Å². The zero-order chi connectivity index (χ0) is 17.5. The quantitative estimate of drug-likeness (QED) is 0.819. The van der Waals surface area contributed by atoms with Crippen molar-refractivity contribution in [3.05, 3.63) is 46.7 Å². The van der Waals surface area contributed by atoms with Crippen molar-refractivity contribution < 1.29 is 14.7 Å². The van der Waals surface area contributed by atoms with E-state index in [-0.39, 0.29) is 17.7 Å². The van der Waals surface area contributed by atoms with Crippen LogP contribution < -0.4 is 5.32 Å². The highest BCUT2D eigenvalue weighted by molar-refractivity contribution is 9.10. The number of carboxylic acids is 1. The predicted octanol–water partition coefficient (Wildman–Crippen LogP) is 3.21. The summed E-state index contributed by atoms with van der Waals surface area (Å²) in [4.78, 5) is 23.6. The van der Waals surface area contributed by atoms with Gasteiger partial charge in [-0.2, -0.15) is 5.10 Å². The Labute approximate surface area is 148 Å². The molecular weight excluding hydrogens is 374 g/mol. The van der Waals surface area contributed by atoms with Gasteiger partial charge < -0.3 is 10.4 Å². The number of amides is 1. The first-order chi connectivity index (χ1) is 11.3. The third kappa shape index (κ3) is 3.21. The Morgan fingerprint density at radius 1 is 1.33 bits per heavy atom. The molecule has 0 bridgehead atoms. The van der Waals surface area contributed by atoms with Crippen LogP contribution in [-0.2, 0) is 15.1 Å². The van der Waals surface area contributed by atoms with Crippen LogP contribution in [0.5, 0.6) is 0 Å². The molecule has 3 rings (SSSR count). The van der Waals surface area contributed by atoms with Crippen molar-refractivity contribution in [2.75, 3.05) is 5.32 Å². The molecule has 2 N–H and O–H groups in total. The maximum absolute atomic E-state index is 12.3. The van der Waals surface area contributed by atoms with E-state index in [1.54, 1.807) is 20.0 Å². The molecule has 0 spiro atoms. The number of aliphatic carboxylic acids is 1. The minimum absolute atomic E-state index is 0.0537. The second-order valence-electron chi connectivity index (χ2n) is 6.53. The van der Waals surface area contributed by atoms with Crippen LogP contribution >= 0.6 is 15.9 Å². The molecule has 1 aliphatic rings. The number of hydrogen-bond acceptors (Lipinski definition) is 3. The fourth-order valence-corrected chi connectivity index (χ4v) is 2.85. The third-order valence-electron chi connectivity index (χ3n) is 4.37. The Hall–Kier alpha value is -2.15. The number of carbonyl (C=O) groups is 2. The summed E-state index contributed by atoms with van der Waals surface area (Å²) in [5.41, 5.74) is 0.500. The minimum atomic E-state index is -1.16. The number of carboxylic acid groups (broad SMARTS) is 1. The smallest absolute Gasteiger partial charge is 0.331 e. The van der Waals surface area contributed by atoms with E-state index < -0.39 is 11.5 Å². The average molecular weight is 392 g/mol. The van der Waals surface area contributed by atoms with Gasteiger partial charge in [-0.05, 0) is 43.9 Å². The Bertz CT molecular complexity index is 783. The van der Waals surface area contributed by atoms with Crippen LogP contribution in [0.1, 0.15) is 31.7 Å². The van der Waals surface area contributed by atoms with Crippen LogP contribution in [0.4, 0.5) is 5.69 Å². The summed E-state index contributed by atoms with van der Waals surface area (Å²) in [5.74, 6) is -0.859. The number of anilines is 1. The molecule has 1 amide bonds. The second-order valence-corrected chi connectivity index (χ2v) is 7.44. The first-order valence-corrected chi connectivity index (χ1v) is 8.43. The fourth-order valence-electron chi connectivity index (χ4n) is 2.59. The lowest BCUT2D eigenvalue weighted by Gasteiger charge is -2.19. The molecule has 1 fully saturated rings. The summed E-state index contributed by atoms with van der Waals surface area (Å²) in [6.07, 6.45) is 3.84. The highest BCUT2D eigenvalue weighted by atomic mass is 79.9. The maximum atomic E-state index is 12.3. The summed E-state index contributed by atoms with van der Waals surface area (Å²) in [5, 5.41) is 16.1. The van der Waals surface area contributed by atoms with E-state index in [4.69, 9.17) is 0 Å². The zero-order valence-electron chi connectivity index (χ0n) is 13.4. The molecule has 7 heteroatoms. The molecule has 1 aromatic carbocycles. The van der Waals surface area contributed by atoms with E-state index in [0.29, 0.717) is 5.69 Å². The van der Waals surface area contributed by atoms with Gasteiger partial charge in [0, 0.05) is 16.6 Å². The van der Waals surface area contributed by atoms with Gasteiger partial charge >= 0.3 is 5.97 Å². The second kappa shape index (κ2) is 6.05. The van der Waals surface area contributed by atoms with Gasteiger partial charge in [0.15, 0.2) is 5.54 Å². The summed E-state index contributed by atoms with van der Waals surface area (Å²) < 4.78 is 2.35. The molecule has 0 aliphatic heterocycles. The van der Waals surface area contributed by atoms with Crippen molar-refractivity contribution in [1.29, 1.82) is 0 Å². The predicted molar refractivity (Wildman–Crippen MR) is 92.8 cm³/mol. The van der Waals surface area contributed by atoms with Crippen LogP contribution in [0.15, 0.2) is 41.1 Å². The number of benzene rings is 1. The van der Waals surface area contributed by atoms with Crippen LogP contribution in [0.25, 0.3) is 0 Å². The number of carbonyl (C=O) groups excluding carboxylic acids is 1. The number of nitrogens with one attached hydrogen (secondary N) is 1. The molecule has 0 saturated heterocycles. The number of aromatic nitrogens is 2. The largest absolute Gasteiger partial charge is 0.479 e. The standard InChI is InChI=1S/C17H18BrN3O3/c1-17(2,16(23)24)21-9-12(8-19-21)20-15(22)14-7-13(14)10-3-5-11(18)6-4-10/h3-6,8-9,13-14H,7H2,1-2H3,(H,20,22)(H,23,24). The Morgan fingerprint density at radius 2 is 2.00 bits per heavy atom. The Balaban J connectivity index is 1.64. The van der Waals surface area contributed by atoms with Gasteiger partial charge in [0.2, 0.25) is 5.91 Å². The maximum Gasteiger partial charge on any atom is 0.331 e. The number of nitrogens with zero attached hydrogens (tertiary/aromatic N) is 2. The number of halogens is 1. The van der Waals surface area contributed by atoms with E-state index in [1.807, 2.05) is 24.3 Å². The van der Waals surface area contributed by atoms with E-state index in [1.165, 1.54) is 10.9 Å². The Morgan fingerprint density at radius 3 is 2.62 bits per heavy atom. The summed E-state index contributed by atoms with van der Waals surface area (Å²) in [6, 6.07) is 7.99. The lowest BCUT2D eigenvalue weighted by molar-refractivity contribution is -0.146. The van der Waals surface area contributed by atoms with Gasteiger partial charge in [-0.15, -0.1) is 0 Å². The van der Waals surface area contributed by atoms with Crippen LogP contribution in [0.3, 0.4) is 0 Å². The van der Waals surface area contributed by atoms with Crippen LogP contribution in [-0.4, -0.2) is 26.8 Å². The molecule has 6 nitrogen and oxygen atoms in total. The van der Waals surface area contributed by atoms with Crippen LogP contribution in [0.2, 0.25) is 0 Å². The van der Waals surface area contributed by atoms with Crippen molar-refractivity contribution in [1.82, 2.24) is 9.78 Å². The summed E-state index contributed by atoms with van der Waals surface area (Å²) >= 11 is 3.40. The van der Waals surface area contributed by atoms with Crippen molar-refractivity contribution in [3.63, 3.8) is 0 Å².